The number of carbonyl (C=O) groups is 3. The van der Waals surface area contributed by atoms with Gasteiger partial charge in [0.1, 0.15) is 0 Å². The van der Waals surface area contributed by atoms with Crippen LogP contribution in [-0.2, 0) is 11.3 Å². The Morgan fingerprint density at radius 1 is 0.935 bits per heavy atom. The molecule has 0 spiro atoms. The van der Waals surface area contributed by atoms with E-state index >= 15 is 0 Å². The molecule has 3 amide bonds. The van der Waals surface area contributed by atoms with Crippen LogP contribution in [0.2, 0.25) is 0 Å². The number of carbonyl (C=O) groups excluding carboxylic acids is 3. The Bertz CT molecular complexity index is 925. The van der Waals surface area contributed by atoms with E-state index in [0.29, 0.717) is 13.1 Å². The van der Waals surface area contributed by atoms with Gasteiger partial charge in [-0.05, 0) is 30.5 Å². The summed E-state index contributed by atoms with van der Waals surface area (Å²) in [6, 6.07) is 15.4. The normalized spacial score (nSPS) is 13.7. The van der Waals surface area contributed by atoms with Crippen molar-refractivity contribution in [2.45, 2.75) is 25.6 Å². The largest absolute Gasteiger partial charge is 0.471 e. The number of halogens is 3. The SMILES string of the molecule is O=C(CNC(=O)C(F)(F)F)c1ccc(CN(C(=O)N2CCCC2)c2ccccc2)cc1. The minimum Gasteiger partial charge on any atom is -0.341 e. The van der Waals surface area contributed by atoms with Crippen LogP contribution in [0.4, 0.5) is 23.7 Å². The van der Waals surface area contributed by atoms with E-state index in [2.05, 4.69) is 0 Å². The molecule has 9 heteroatoms. The Labute approximate surface area is 177 Å². The summed E-state index contributed by atoms with van der Waals surface area (Å²) in [5.41, 5.74) is 1.67. The third-order valence-electron chi connectivity index (χ3n) is 4.96. The number of hydrogen-bond donors (Lipinski definition) is 1. The van der Waals surface area contributed by atoms with E-state index in [4.69, 9.17) is 0 Å². The quantitative estimate of drug-likeness (QED) is 0.705. The van der Waals surface area contributed by atoms with Crippen LogP contribution >= 0.6 is 0 Å². The average Bonchev–Trinajstić information content (AvgIpc) is 3.30. The lowest BCUT2D eigenvalue weighted by molar-refractivity contribution is -0.173. The van der Waals surface area contributed by atoms with Crippen molar-refractivity contribution in [2.24, 2.45) is 0 Å². The molecule has 1 heterocycles. The maximum atomic E-state index is 13.0. The molecule has 1 fully saturated rings. The van der Waals surface area contributed by atoms with Gasteiger partial charge in [-0.25, -0.2) is 4.79 Å². The fourth-order valence-electron chi connectivity index (χ4n) is 3.30. The summed E-state index contributed by atoms with van der Waals surface area (Å²) < 4.78 is 36.7. The minimum atomic E-state index is -5.03. The van der Waals surface area contributed by atoms with Crippen molar-refractivity contribution in [2.75, 3.05) is 24.5 Å². The van der Waals surface area contributed by atoms with Gasteiger partial charge in [0.25, 0.3) is 0 Å². The molecule has 1 N–H and O–H groups in total. The molecule has 0 unspecified atom stereocenters. The number of urea groups is 1. The fraction of sp³-hybridized carbons (Fsp3) is 0.318. The molecule has 3 rings (SSSR count). The molecule has 2 aromatic carbocycles. The van der Waals surface area contributed by atoms with Gasteiger partial charge < -0.3 is 10.2 Å². The highest BCUT2D eigenvalue weighted by molar-refractivity contribution is 5.99. The lowest BCUT2D eigenvalue weighted by Gasteiger charge is -2.28. The number of benzene rings is 2. The number of nitrogens with one attached hydrogen (secondary N) is 1. The Morgan fingerprint density at radius 3 is 2.13 bits per heavy atom. The first-order valence-electron chi connectivity index (χ1n) is 9.84. The van der Waals surface area contributed by atoms with Crippen LogP contribution in [0.3, 0.4) is 0 Å². The van der Waals surface area contributed by atoms with E-state index in [1.54, 1.807) is 27.2 Å². The number of alkyl halides is 3. The summed E-state index contributed by atoms with van der Waals surface area (Å²) in [7, 11) is 0. The first-order valence-corrected chi connectivity index (χ1v) is 9.84. The molecule has 164 valence electrons. The topological polar surface area (TPSA) is 69.7 Å². The lowest BCUT2D eigenvalue weighted by atomic mass is 10.1. The van der Waals surface area contributed by atoms with E-state index in [9.17, 15) is 27.6 Å². The van der Waals surface area contributed by atoms with E-state index in [1.807, 2.05) is 30.3 Å². The summed E-state index contributed by atoms with van der Waals surface area (Å²) >= 11 is 0. The van der Waals surface area contributed by atoms with Crippen molar-refractivity contribution in [1.29, 1.82) is 0 Å². The second-order valence-corrected chi connectivity index (χ2v) is 7.20. The van der Waals surface area contributed by atoms with Gasteiger partial charge in [0.15, 0.2) is 5.78 Å². The molecule has 0 radical (unpaired) electrons. The van der Waals surface area contributed by atoms with Crippen molar-refractivity contribution < 1.29 is 27.6 Å². The van der Waals surface area contributed by atoms with Crippen LogP contribution in [0.1, 0.15) is 28.8 Å². The molecule has 0 bridgehead atoms. The molecule has 31 heavy (non-hydrogen) atoms. The van der Waals surface area contributed by atoms with Crippen LogP contribution in [0.25, 0.3) is 0 Å². The number of ketones is 1. The Morgan fingerprint density at radius 2 is 1.55 bits per heavy atom. The molecule has 0 aromatic heterocycles. The van der Waals surface area contributed by atoms with E-state index in [0.717, 1.165) is 24.1 Å². The standard InChI is InChI=1S/C22H22F3N3O3/c23-22(24,25)20(30)26-14-19(29)17-10-8-16(9-11-17)15-28(18-6-2-1-3-7-18)21(31)27-12-4-5-13-27/h1-3,6-11H,4-5,12-15H2,(H,26,30). The molecule has 0 saturated carbocycles. The molecule has 1 saturated heterocycles. The smallest absolute Gasteiger partial charge is 0.341 e. The van der Waals surface area contributed by atoms with Crippen molar-refractivity contribution in [3.8, 4) is 0 Å². The van der Waals surface area contributed by atoms with E-state index in [1.165, 1.54) is 12.1 Å². The summed E-state index contributed by atoms with van der Waals surface area (Å²) in [6.07, 6.45) is -3.10. The van der Waals surface area contributed by atoms with Gasteiger partial charge in [0.2, 0.25) is 0 Å². The average molecular weight is 433 g/mol. The molecule has 1 aliphatic rings. The first kappa shape index (κ1) is 22.3. The van der Waals surface area contributed by atoms with Gasteiger partial charge in [-0.15, -0.1) is 0 Å². The van der Waals surface area contributed by atoms with Crippen LogP contribution in [0.15, 0.2) is 54.6 Å². The van der Waals surface area contributed by atoms with Gasteiger partial charge in [0.05, 0.1) is 13.1 Å². The molecule has 0 atom stereocenters. The minimum absolute atomic E-state index is 0.0984. The highest BCUT2D eigenvalue weighted by Gasteiger charge is 2.38. The van der Waals surface area contributed by atoms with Crippen LogP contribution in [-0.4, -0.2) is 48.4 Å². The maximum Gasteiger partial charge on any atom is 0.471 e. The zero-order valence-corrected chi connectivity index (χ0v) is 16.7. The molecule has 1 aliphatic heterocycles. The lowest BCUT2D eigenvalue weighted by Crippen LogP contribution is -2.41. The third kappa shape index (κ3) is 5.84. The number of hydrogen-bond acceptors (Lipinski definition) is 3. The molecule has 2 aromatic rings. The highest BCUT2D eigenvalue weighted by atomic mass is 19.4. The molecular weight excluding hydrogens is 411 g/mol. The summed E-state index contributed by atoms with van der Waals surface area (Å²) in [4.78, 5) is 39.4. The van der Waals surface area contributed by atoms with E-state index in [-0.39, 0.29) is 18.1 Å². The number of nitrogens with zero attached hydrogens (tertiary/aromatic N) is 2. The summed E-state index contributed by atoms with van der Waals surface area (Å²) in [5.74, 6) is -2.80. The Balaban J connectivity index is 1.69. The van der Waals surface area contributed by atoms with E-state index < -0.39 is 24.4 Å². The highest BCUT2D eigenvalue weighted by Crippen LogP contribution is 2.21. The predicted molar refractivity (Wildman–Crippen MR) is 109 cm³/mol. The summed E-state index contributed by atoms with van der Waals surface area (Å²) in [5, 5.41) is 1.56. The monoisotopic (exact) mass is 433 g/mol. The van der Waals surface area contributed by atoms with Gasteiger partial charge >= 0.3 is 18.1 Å². The van der Waals surface area contributed by atoms with Gasteiger partial charge in [-0.2, -0.15) is 13.2 Å². The number of amides is 3. The summed E-state index contributed by atoms with van der Waals surface area (Å²) in [6.45, 7) is 0.943. The fourth-order valence-corrected chi connectivity index (χ4v) is 3.30. The number of Topliss-reactive ketones (excluding diaryl/α,β-unsaturated/α-hetero) is 1. The molecule has 0 aliphatic carbocycles. The number of rotatable bonds is 6. The number of para-hydroxylation sites is 1. The van der Waals surface area contributed by atoms with Crippen LogP contribution < -0.4 is 10.2 Å². The maximum absolute atomic E-state index is 13.0. The molecule has 6 nitrogen and oxygen atoms in total. The first-order chi connectivity index (χ1) is 14.8. The van der Waals surface area contributed by atoms with Crippen LogP contribution in [0.5, 0.6) is 0 Å². The van der Waals surface area contributed by atoms with Crippen molar-refractivity contribution in [1.82, 2.24) is 10.2 Å². The van der Waals surface area contributed by atoms with Crippen molar-refractivity contribution in [3.63, 3.8) is 0 Å². The Hall–Kier alpha value is -3.36. The van der Waals surface area contributed by atoms with Crippen LogP contribution in [0, 0.1) is 0 Å². The predicted octanol–water partition coefficient (Wildman–Crippen LogP) is 3.77. The Kier molecular flexibility index (Phi) is 6.94. The molecular formula is C22H22F3N3O3. The van der Waals surface area contributed by atoms with Gasteiger partial charge in [0, 0.05) is 24.3 Å². The second-order valence-electron chi connectivity index (χ2n) is 7.20. The van der Waals surface area contributed by atoms with Crippen molar-refractivity contribution in [3.05, 3.63) is 65.7 Å². The zero-order valence-electron chi connectivity index (χ0n) is 16.7. The third-order valence-corrected chi connectivity index (χ3v) is 4.96. The number of likely N-dealkylation sites (tertiary alicyclic amines) is 1. The van der Waals surface area contributed by atoms with Crippen molar-refractivity contribution >= 4 is 23.4 Å². The number of anilines is 1. The zero-order chi connectivity index (χ0) is 22.4. The van der Waals surface area contributed by atoms with Gasteiger partial charge in [-0.3, -0.25) is 14.5 Å². The van der Waals surface area contributed by atoms with Gasteiger partial charge in [-0.1, -0.05) is 42.5 Å². The second kappa shape index (κ2) is 9.63.